The van der Waals surface area contributed by atoms with E-state index in [2.05, 4.69) is 30.4 Å². The van der Waals surface area contributed by atoms with Crippen LogP contribution in [0.15, 0.2) is 18.2 Å². The Morgan fingerprint density at radius 3 is 2.64 bits per heavy atom. The van der Waals surface area contributed by atoms with Crippen molar-refractivity contribution in [3.05, 3.63) is 29.3 Å². The Morgan fingerprint density at radius 1 is 1.43 bits per heavy atom. The minimum atomic E-state index is 0. The number of ether oxygens (including phenoxy) is 1. The van der Waals surface area contributed by atoms with Gasteiger partial charge in [-0.2, -0.15) is 0 Å². The Bertz CT molecular complexity index is 310. The summed E-state index contributed by atoms with van der Waals surface area (Å²) >= 11 is 0. The normalized spacial score (nSPS) is 19.4. The molecular weight excluding hydrogens is 198 g/mol. The lowest BCUT2D eigenvalue weighted by atomic mass is 9.97. The Kier molecular flexibility index (Phi) is 3.78. The number of hydrogen-bond acceptors (Lipinski definition) is 2. The van der Waals surface area contributed by atoms with Gasteiger partial charge < -0.3 is 10.1 Å². The van der Waals surface area contributed by atoms with E-state index in [0.717, 1.165) is 12.3 Å². The smallest absolute Gasteiger partial charge is 0.122 e. The Labute approximate surface area is 91.1 Å². The van der Waals surface area contributed by atoms with Gasteiger partial charge in [0.15, 0.2) is 0 Å². The molecule has 3 heteroatoms. The van der Waals surface area contributed by atoms with Crippen LogP contribution in [0, 0.1) is 6.92 Å². The Morgan fingerprint density at radius 2 is 2.14 bits per heavy atom. The maximum atomic E-state index is 5.28. The van der Waals surface area contributed by atoms with Crippen molar-refractivity contribution in [2.75, 3.05) is 13.7 Å². The van der Waals surface area contributed by atoms with Gasteiger partial charge in [-0.1, -0.05) is 12.1 Å². The standard InChI is InChI=1S/C11H15NO.ClH/c1-8-3-4-9(7-11(8)13-2)10-5-6-12-10;/h3-4,7,10,12H,5-6H2,1-2H3;1H/t10-;/m0./s1. The summed E-state index contributed by atoms with van der Waals surface area (Å²) in [6.07, 6.45) is 1.24. The molecule has 0 unspecified atom stereocenters. The summed E-state index contributed by atoms with van der Waals surface area (Å²) in [6, 6.07) is 6.98. The molecule has 0 aromatic heterocycles. The largest absolute Gasteiger partial charge is 0.496 e. The third-order valence-corrected chi connectivity index (χ3v) is 2.66. The van der Waals surface area contributed by atoms with Crippen LogP contribution >= 0.6 is 12.4 Å². The first kappa shape index (κ1) is 11.3. The predicted octanol–water partition coefficient (Wildman–Crippen LogP) is 2.46. The molecule has 1 aromatic rings. The number of hydrogen-bond donors (Lipinski definition) is 1. The molecule has 0 saturated carbocycles. The van der Waals surface area contributed by atoms with Crippen molar-refractivity contribution in [3.63, 3.8) is 0 Å². The molecule has 78 valence electrons. The van der Waals surface area contributed by atoms with E-state index in [1.54, 1.807) is 7.11 Å². The molecule has 1 saturated heterocycles. The van der Waals surface area contributed by atoms with Gasteiger partial charge in [0.25, 0.3) is 0 Å². The van der Waals surface area contributed by atoms with E-state index in [1.165, 1.54) is 17.5 Å². The maximum Gasteiger partial charge on any atom is 0.122 e. The van der Waals surface area contributed by atoms with E-state index in [9.17, 15) is 0 Å². The summed E-state index contributed by atoms with van der Waals surface area (Å²) in [4.78, 5) is 0. The van der Waals surface area contributed by atoms with Crippen LogP contribution in [0.25, 0.3) is 0 Å². The van der Waals surface area contributed by atoms with Crippen LogP contribution in [0.2, 0.25) is 0 Å². The lowest BCUT2D eigenvalue weighted by Gasteiger charge is -2.28. The SMILES string of the molecule is COc1cc([C@@H]2CCN2)ccc1C.Cl. The van der Waals surface area contributed by atoms with Crippen LogP contribution < -0.4 is 10.1 Å². The molecule has 1 fully saturated rings. The molecule has 1 atom stereocenters. The van der Waals surface area contributed by atoms with Crippen LogP contribution in [-0.2, 0) is 0 Å². The minimum Gasteiger partial charge on any atom is -0.496 e. The van der Waals surface area contributed by atoms with Crippen LogP contribution in [0.4, 0.5) is 0 Å². The van der Waals surface area contributed by atoms with Gasteiger partial charge in [0.2, 0.25) is 0 Å². The molecule has 0 bridgehead atoms. The molecule has 0 radical (unpaired) electrons. The molecule has 14 heavy (non-hydrogen) atoms. The van der Waals surface area contributed by atoms with Crippen molar-refractivity contribution in [2.45, 2.75) is 19.4 Å². The maximum absolute atomic E-state index is 5.28. The fourth-order valence-electron chi connectivity index (χ4n) is 1.63. The summed E-state index contributed by atoms with van der Waals surface area (Å²) in [5.41, 5.74) is 2.54. The summed E-state index contributed by atoms with van der Waals surface area (Å²) in [5.74, 6) is 0.992. The summed E-state index contributed by atoms with van der Waals surface area (Å²) < 4.78 is 5.28. The lowest BCUT2D eigenvalue weighted by molar-refractivity contribution is 0.377. The van der Waals surface area contributed by atoms with Gasteiger partial charge in [0.1, 0.15) is 5.75 Å². The lowest BCUT2D eigenvalue weighted by Crippen LogP contribution is -2.34. The van der Waals surface area contributed by atoms with Gasteiger partial charge in [-0.25, -0.2) is 0 Å². The number of methoxy groups -OCH3 is 1. The number of nitrogens with one attached hydrogen (secondary N) is 1. The third kappa shape index (κ3) is 2.02. The number of aryl methyl sites for hydroxylation is 1. The molecule has 2 nitrogen and oxygen atoms in total. The van der Waals surface area contributed by atoms with Crippen molar-refractivity contribution in [2.24, 2.45) is 0 Å². The second-order valence-corrected chi connectivity index (χ2v) is 3.52. The van der Waals surface area contributed by atoms with Gasteiger partial charge in [-0.05, 0) is 37.1 Å². The first-order chi connectivity index (χ1) is 6.31. The van der Waals surface area contributed by atoms with Crippen molar-refractivity contribution in [1.29, 1.82) is 0 Å². The summed E-state index contributed by atoms with van der Waals surface area (Å²) in [6.45, 7) is 3.21. The van der Waals surface area contributed by atoms with Gasteiger partial charge in [-0.3, -0.25) is 0 Å². The Balaban J connectivity index is 0.000000980. The number of benzene rings is 1. The van der Waals surface area contributed by atoms with Crippen molar-refractivity contribution >= 4 is 12.4 Å². The number of halogens is 1. The molecule has 0 amide bonds. The van der Waals surface area contributed by atoms with E-state index in [0.29, 0.717) is 6.04 Å². The van der Waals surface area contributed by atoms with Gasteiger partial charge in [0.05, 0.1) is 7.11 Å². The minimum absolute atomic E-state index is 0. The fraction of sp³-hybridized carbons (Fsp3) is 0.455. The van der Waals surface area contributed by atoms with E-state index in [-0.39, 0.29) is 12.4 Å². The third-order valence-electron chi connectivity index (χ3n) is 2.66. The molecule has 1 aliphatic rings. The van der Waals surface area contributed by atoms with E-state index in [1.807, 2.05) is 0 Å². The average molecular weight is 214 g/mol. The summed E-state index contributed by atoms with van der Waals surface area (Å²) in [5, 5.41) is 3.38. The van der Waals surface area contributed by atoms with Gasteiger partial charge >= 0.3 is 0 Å². The zero-order chi connectivity index (χ0) is 9.26. The fourth-order valence-corrected chi connectivity index (χ4v) is 1.63. The molecular formula is C11H16ClNO. The van der Waals surface area contributed by atoms with Crippen LogP contribution in [0.5, 0.6) is 5.75 Å². The predicted molar refractivity (Wildman–Crippen MR) is 60.3 cm³/mol. The zero-order valence-corrected chi connectivity index (χ0v) is 9.36. The van der Waals surface area contributed by atoms with Crippen molar-refractivity contribution in [1.82, 2.24) is 5.32 Å². The molecule has 1 heterocycles. The quantitative estimate of drug-likeness (QED) is 0.815. The second-order valence-electron chi connectivity index (χ2n) is 3.52. The highest BCUT2D eigenvalue weighted by molar-refractivity contribution is 5.85. The van der Waals surface area contributed by atoms with Crippen molar-refractivity contribution < 1.29 is 4.74 Å². The Hall–Kier alpha value is -0.730. The molecule has 1 aliphatic heterocycles. The van der Waals surface area contributed by atoms with Crippen LogP contribution in [-0.4, -0.2) is 13.7 Å². The van der Waals surface area contributed by atoms with Crippen molar-refractivity contribution in [3.8, 4) is 5.75 Å². The van der Waals surface area contributed by atoms with Crippen LogP contribution in [0.1, 0.15) is 23.6 Å². The molecule has 2 rings (SSSR count). The average Bonchev–Trinajstić information content (AvgIpc) is 2.05. The first-order valence-electron chi connectivity index (χ1n) is 4.69. The first-order valence-corrected chi connectivity index (χ1v) is 4.69. The number of rotatable bonds is 2. The molecule has 1 aromatic carbocycles. The van der Waals surface area contributed by atoms with Crippen LogP contribution in [0.3, 0.4) is 0 Å². The molecule has 1 N–H and O–H groups in total. The van der Waals surface area contributed by atoms with E-state index >= 15 is 0 Å². The molecule has 0 aliphatic carbocycles. The van der Waals surface area contributed by atoms with E-state index < -0.39 is 0 Å². The van der Waals surface area contributed by atoms with Gasteiger partial charge in [-0.15, -0.1) is 12.4 Å². The second kappa shape index (κ2) is 4.67. The van der Waals surface area contributed by atoms with Gasteiger partial charge in [0, 0.05) is 6.04 Å². The molecule has 0 spiro atoms. The highest BCUT2D eigenvalue weighted by Crippen LogP contribution is 2.27. The highest BCUT2D eigenvalue weighted by atomic mass is 35.5. The van der Waals surface area contributed by atoms with E-state index in [4.69, 9.17) is 4.74 Å². The monoisotopic (exact) mass is 213 g/mol. The highest BCUT2D eigenvalue weighted by Gasteiger charge is 2.18. The summed E-state index contributed by atoms with van der Waals surface area (Å²) in [7, 11) is 1.72. The zero-order valence-electron chi connectivity index (χ0n) is 8.54. The topological polar surface area (TPSA) is 21.3 Å².